The Morgan fingerprint density at radius 2 is 2.00 bits per heavy atom. The molecule has 0 aliphatic rings. The second kappa shape index (κ2) is 5.68. The van der Waals surface area contributed by atoms with Crippen molar-refractivity contribution in [2.45, 2.75) is 24.9 Å². The fraction of sp³-hybridized carbons (Fsp3) is 0.400. The molecule has 1 aromatic heterocycles. The van der Waals surface area contributed by atoms with E-state index in [9.17, 15) is 26.7 Å². The molecule has 19 heavy (non-hydrogen) atoms. The number of pyridine rings is 1. The number of aliphatic carboxylic acids is 1. The molecule has 106 valence electrons. The van der Waals surface area contributed by atoms with Gasteiger partial charge in [-0.2, -0.15) is 13.2 Å². The summed E-state index contributed by atoms with van der Waals surface area (Å²) < 4.78 is 63.7. The molecule has 0 atom stereocenters. The number of carboxylic acid groups (broad SMARTS) is 1. The van der Waals surface area contributed by atoms with Gasteiger partial charge in [0, 0.05) is 11.8 Å². The lowest BCUT2D eigenvalue weighted by Crippen LogP contribution is -2.17. The first-order valence-corrected chi connectivity index (χ1v) is 5.35. The predicted octanol–water partition coefficient (Wildman–Crippen LogP) is 3.40. The summed E-state index contributed by atoms with van der Waals surface area (Å²) in [5, 5.41) is 8.56. The maximum atomic E-state index is 12.8. The highest BCUT2D eigenvalue weighted by molar-refractivity contribution is 6.17. The first-order chi connectivity index (χ1) is 8.68. The van der Waals surface area contributed by atoms with Gasteiger partial charge in [0.25, 0.3) is 6.43 Å². The van der Waals surface area contributed by atoms with Gasteiger partial charge in [-0.3, -0.25) is 9.78 Å². The summed E-state index contributed by atoms with van der Waals surface area (Å²) in [6.07, 6.45) is -9.12. The molecule has 1 rings (SSSR count). The second-order valence-corrected chi connectivity index (χ2v) is 3.78. The first kappa shape index (κ1) is 15.6. The van der Waals surface area contributed by atoms with Crippen LogP contribution < -0.4 is 0 Å². The van der Waals surface area contributed by atoms with Crippen molar-refractivity contribution in [3.05, 3.63) is 28.6 Å². The van der Waals surface area contributed by atoms with E-state index in [4.69, 9.17) is 16.7 Å². The highest BCUT2D eigenvalue weighted by Crippen LogP contribution is 2.37. The Balaban J connectivity index is 3.58. The Morgan fingerprint density at radius 3 is 2.37 bits per heavy atom. The molecule has 0 bridgehead atoms. The molecule has 0 amide bonds. The Bertz CT molecular complexity index is 490. The van der Waals surface area contributed by atoms with Crippen LogP contribution in [0.1, 0.15) is 28.8 Å². The number of rotatable bonds is 4. The van der Waals surface area contributed by atoms with Gasteiger partial charge in [0.2, 0.25) is 0 Å². The molecular formula is C10H7ClF5NO2. The SMILES string of the molecule is O=C(O)Cc1c(C(F)(F)F)cnc(CCl)c1C(F)F. The molecule has 0 aromatic carbocycles. The number of aromatic nitrogens is 1. The van der Waals surface area contributed by atoms with E-state index in [0.29, 0.717) is 6.20 Å². The van der Waals surface area contributed by atoms with E-state index in [1.807, 2.05) is 0 Å². The molecule has 3 nitrogen and oxygen atoms in total. The van der Waals surface area contributed by atoms with Gasteiger partial charge in [-0.05, 0) is 5.56 Å². The molecule has 0 aliphatic carbocycles. The van der Waals surface area contributed by atoms with Crippen molar-refractivity contribution in [1.82, 2.24) is 4.98 Å². The molecule has 1 N–H and O–H groups in total. The van der Waals surface area contributed by atoms with Crippen molar-refractivity contribution in [1.29, 1.82) is 0 Å². The first-order valence-electron chi connectivity index (χ1n) is 4.82. The Labute approximate surface area is 109 Å². The van der Waals surface area contributed by atoms with Crippen LogP contribution in [-0.4, -0.2) is 16.1 Å². The maximum Gasteiger partial charge on any atom is 0.418 e. The second-order valence-electron chi connectivity index (χ2n) is 3.51. The lowest BCUT2D eigenvalue weighted by atomic mass is 9.98. The third-order valence-electron chi connectivity index (χ3n) is 2.29. The molecule has 1 aromatic rings. The number of hydrogen-bond acceptors (Lipinski definition) is 2. The van der Waals surface area contributed by atoms with E-state index in [0.717, 1.165) is 0 Å². The zero-order valence-electron chi connectivity index (χ0n) is 9.14. The van der Waals surface area contributed by atoms with Crippen molar-refractivity contribution < 1.29 is 31.9 Å². The normalized spacial score (nSPS) is 11.9. The van der Waals surface area contributed by atoms with Crippen molar-refractivity contribution in [2.75, 3.05) is 0 Å². The minimum absolute atomic E-state index is 0.321. The van der Waals surface area contributed by atoms with Gasteiger partial charge in [-0.25, -0.2) is 8.78 Å². The van der Waals surface area contributed by atoms with Crippen LogP contribution in [0.5, 0.6) is 0 Å². The number of nitrogens with zero attached hydrogens (tertiary/aromatic N) is 1. The van der Waals surface area contributed by atoms with Gasteiger partial charge in [0.1, 0.15) is 0 Å². The minimum atomic E-state index is -4.97. The number of carboxylic acids is 1. The average Bonchev–Trinajstić information content (AvgIpc) is 2.25. The average molecular weight is 304 g/mol. The number of carbonyl (C=O) groups is 1. The fourth-order valence-electron chi connectivity index (χ4n) is 1.56. The van der Waals surface area contributed by atoms with Crippen LogP contribution in [0.3, 0.4) is 0 Å². The van der Waals surface area contributed by atoms with Gasteiger partial charge in [0.15, 0.2) is 0 Å². The third kappa shape index (κ3) is 3.52. The summed E-state index contributed by atoms with van der Waals surface area (Å²) in [7, 11) is 0. The highest BCUT2D eigenvalue weighted by atomic mass is 35.5. The van der Waals surface area contributed by atoms with Gasteiger partial charge in [0.05, 0.1) is 23.6 Å². The zero-order valence-corrected chi connectivity index (χ0v) is 9.90. The predicted molar refractivity (Wildman–Crippen MR) is 55.1 cm³/mol. The molecule has 0 unspecified atom stereocenters. The van der Waals surface area contributed by atoms with E-state index in [1.54, 1.807) is 0 Å². The van der Waals surface area contributed by atoms with Crippen molar-refractivity contribution >= 4 is 17.6 Å². The minimum Gasteiger partial charge on any atom is -0.481 e. The standard InChI is InChI=1S/C10H7ClF5NO2/c11-2-6-8(9(12)13)4(1-7(18)19)5(3-17-6)10(14,15)16/h3,9H,1-2H2,(H,18,19). The van der Waals surface area contributed by atoms with Crippen LogP contribution in [-0.2, 0) is 23.3 Å². The lowest BCUT2D eigenvalue weighted by Gasteiger charge is -2.17. The quantitative estimate of drug-likeness (QED) is 0.685. The van der Waals surface area contributed by atoms with Crippen molar-refractivity contribution in [3.8, 4) is 0 Å². The van der Waals surface area contributed by atoms with Gasteiger partial charge in [-0.15, -0.1) is 11.6 Å². The van der Waals surface area contributed by atoms with Gasteiger partial charge < -0.3 is 5.11 Å². The molecule has 0 spiro atoms. The summed E-state index contributed by atoms with van der Waals surface area (Å²) in [6.45, 7) is 0. The van der Waals surface area contributed by atoms with E-state index in [-0.39, 0.29) is 0 Å². The Kier molecular flexibility index (Phi) is 4.67. The number of alkyl halides is 6. The Hall–Kier alpha value is -1.44. The highest BCUT2D eigenvalue weighted by Gasteiger charge is 2.37. The van der Waals surface area contributed by atoms with Gasteiger partial charge in [-0.1, -0.05) is 0 Å². The Morgan fingerprint density at radius 1 is 1.42 bits per heavy atom. The molecular weight excluding hydrogens is 297 g/mol. The fourth-order valence-corrected chi connectivity index (χ4v) is 1.77. The van der Waals surface area contributed by atoms with Crippen LogP contribution in [0.4, 0.5) is 22.0 Å². The van der Waals surface area contributed by atoms with Crippen molar-refractivity contribution in [2.24, 2.45) is 0 Å². The monoisotopic (exact) mass is 303 g/mol. The van der Waals surface area contributed by atoms with E-state index in [2.05, 4.69) is 4.98 Å². The zero-order chi connectivity index (χ0) is 14.8. The maximum absolute atomic E-state index is 12.8. The smallest absolute Gasteiger partial charge is 0.418 e. The largest absolute Gasteiger partial charge is 0.481 e. The molecule has 0 saturated heterocycles. The van der Waals surface area contributed by atoms with Crippen LogP contribution >= 0.6 is 11.6 Å². The number of hydrogen-bond donors (Lipinski definition) is 1. The molecule has 9 heteroatoms. The molecule has 0 saturated carbocycles. The molecule has 0 fully saturated rings. The van der Waals surface area contributed by atoms with E-state index >= 15 is 0 Å². The van der Waals surface area contributed by atoms with Gasteiger partial charge >= 0.3 is 12.1 Å². The van der Waals surface area contributed by atoms with E-state index < -0.39 is 53.3 Å². The summed E-state index contributed by atoms with van der Waals surface area (Å²) >= 11 is 5.33. The summed E-state index contributed by atoms with van der Waals surface area (Å²) in [5.74, 6) is -2.19. The molecule has 0 radical (unpaired) electrons. The van der Waals surface area contributed by atoms with E-state index in [1.165, 1.54) is 0 Å². The lowest BCUT2D eigenvalue weighted by molar-refractivity contribution is -0.140. The summed E-state index contributed by atoms with van der Waals surface area (Å²) in [5.41, 5.74) is -4.01. The summed E-state index contributed by atoms with van der Waals surface area (Å²) in [4.78, 5) is 13.8. The number of halogens is 6. The molecule has 0 aliphatic heterocycles. The van der Waals surface area contributed by atoms with Crippen LogP contribution in [0.2, 0.25) is 0 Å². The van der Waals surface area contributed by atoms with Crippen LogP contribution in [0.25, 0.3) is 0 Å². The topological polar surface area (TPSA) is 50.2 Å². The third-order valence-corrected chi connectivity index (χ3v) is 2.54. The van der Waals surface area contributed by atoms with Crippen molar-refractivity contribution in [3.63, 3.8) is 0 Å². The summed E-state index contributed by atoms with van der Waals surface area (Å²) in [6, 6.07) is 0. The van der Waals surface area contributed by atoms with Crippen LogP contribution in [0.15, 0.2) is 6.20 Å². The molecule has 1 heterocycles. The van der Waals surface area contributed by atoms with Crippen LogP contribution in [0, 0.1) is 0 Å².